The number of nitrogens with one attached hydrogen (secondary N) is 4. The van der Waals surface area contributed by atoms with Gasteiger partial charge in [-0.3, -0.25) is 9.59 Å². The van der Waals surface area contributed by atoms with Crippen LogP contribution >= 0.6 is 0 Å². The fraction of sp³-hybridized carbons (Fsp3) is 0.182. The van der Waals surface area contributed by atoms with Crippen LogP contribution in [0.4, 0.5) is 5.69 Å². The molecule has 0 saturated carbocycles. The highest BCUT2D eigenvalue weighted by Gasteiger charge is 2.09. The van der Waals surface area contributed by atoms with Crippen LogP contribution in [-0.4, -0.2) is 34.5 Å². The van der Waals surface area contributed by atoms with E-state index >= 15 is 0 Å². The van der Waals surface area contributed by atoms with Crippen molar-refractivity contribution in [2.24, 2.45) is 0 Å². The van der Waals surface area contributed by atoms with E-state index in [-0.39, 0.29) is 11.5 Å². The third kappa shape index (κ3) is 2.46. The molecular formula is C11H13N5O2. The maximum absolute atomic E-state index is 11.6. The molecule has 0 saturated heterocycles. The second-order valence-corrected chi connectivity index (χ2v) is 3.61. The van der Waals surface area contributed by atoms with Crippen molar-refractivity contribution in [1.29, 1.82) is 0 Å². The lowest BCUT2D eigenvalue weighted by molar-refractivity contribution is -0.111. The molecule has 0 fully saturated rings. The number of aromatic nitrogens is 3. The minimum Gasteiger partial charge on any atom is -0.344 e. The molecule has 1 amide bonds. The van der Waals surface area contributed by atoms with Crippen molar-refractivity contribution < 1.29 is 4.79 Å². The molecule has 0 radical (unpaired) electrons. The topological polar surface area (TPSA) is 103 Å². The summed E-state index contributed by atoms with van der Waals surface area (Å²) in [6.45, 7) is 0.601. The van der Waals surface area contributed by atoms with E-state index in [2.05, 4.69) is 25.6 Å². The van der Waals surface area contributed by atoms with Crippen LogP contribution in [0, 0.1) is 0 Å². The fourth-order valence-electron chi connectivity index (χ4n) is 1.53. The van der Waals surface area contributed by atoms with Crippen LogP contribution in [0.5, 0.6) is 0 Å². The van der Waals surface area contributed by atoms with Gasteiger partial charge in [0.15, 0.2) is 0 Å². The van der Waals surface area contributed by atoms with Gasteiger partial charge < -0.3 is 20.6 Å². The minimum absolute atomic E-state index is 0.296. The second-order valence-electron chi connectivity index (χ2n) is 3.61. The highest BCUT2D eigenvalue weighted by Crippen LogP contribution is 2.16. The number of anilines is 1. The third-order valence-electron chi connectivity index (χ3n) is 2.32. The first-order valence-electron chi connectivity index (χ1n) is 5.39. The molecule has 4 N–H and O–H groups in total. The number of hydrogen-bond acceptors (Lipinski definition) is 4. The summed E-state index contributed by atoms with van der Waals surface area (Å²) in [6.07, 6.45) is 5.93. The normalized spacial score (nSPS) is 11.2. The monoisotopic (exact) mass is 247 g/mol. The minimum atomic E-state index is -0.297. The van der Waals surface area contributed by atoms with Crippen molar-refractivity contribution in [2.75, 3.05) is 18.9 Å². The highest BCUT2D eigenvalue weighted by molar-refractivity contribution is 6.04. The fourth-order valence-corrected chi connectivity index (χ4v) is 1.53. The number of amides is 1. The molecule has 18 heavy (non-hydrogen) atoms. The second kappa shape index (κ2) is 5.28. The summed E-state index contributed by atoms with van der Waals surface area (Å²) in [6, 6.07) is 0. The molecular weight excluding hydrogens is 234 g/mol. The molecule has 0 spiro atoms. The molecule has 7 nitrogen and oxygen atoms in total. The van der Waals surface area contributed by atoms with Gasteiger partial charge in [-0.1, -0.05) is 6.08 Å². The van der Waals surface area contributed by atoms with Crippen LogP contribution in [0.25, 0.3) is 11.0 Å². The van der Waals surface area contributed by atoms with Crippen molar-refractivity contribution in [3.63, 3.8) is 0 Å². The van der Waals surface area contributed by atoms with E-state index in [1.807, 2.05) is 0 Å². The zero-order chi connectivity index (χ0) is 13.0. The number of aromatic amines is 2. The molecule has 2 aromatic rings. The Morgan fingerprint density at radius 2 is 2.33 bits per heavy atom. The van der Waals surface area contributed by atoms with E-state index in [0.717, 1.165) is 0 Å². The smallest absolute Gasteiger partial charge is 0.262 e. The predicted octanol–water partition coefficient (Wildman–Crippen LogP) is -0.0347. The molecule has 2 rings (SSSR count). The van der Waals surface area contributed by atoms with Crippen molar-refractivity contribution in [3.8, 4) is 0 Å². The maximum Gasteiger partial charge on any atom is 0.262 e. The van der Waals surface area contributed by atoms with E-state index in [1.54, 1.807) is 13.1 Å². The lowest BCUT2D eigenvalue weighted by Crippen LogP contribution is -2.12. The number of carbonyl (C=O) groups is 1. The molecule has 0 unspecified atom stereocenters. The van der Waals surface area contributed by atoms with Crippen LogP contribution in [0.15, 0.2) is 29.5 Å². The van der Waals surface area contributed by atoms with Gasteiger partial charge >= 0.3 is 0 Å². The molecule has 2 aromatic heterocycles. The van der Waals surface area contributed by atoms with E-state index in [9.17, 15) is 9.59 Å². The Morgan fingerprint density at radius 1 is 1.50 bits per heavy atom. The molecule has 94 valence electrons. The van der Waals surface area contributed by atoms with E-state index < -0.39 is 0 Å². The van der Waals surface area contributed by atoms with Crippen LogP contribution in [-0.2, 0) is 4.79 Å². The summed E-state index contributed by atoms with van der Waals surface area (Å²) >= 11 is 0. The molecule has 0 aliphatic carbocycles. The molecule has 0 aliphatic heterocycles. The number of fused-ring (bicyclic) bond motifs is 1. The van der Waals surface area contributed by atoms with Gasteiger partial charge in [0, 0.05) is 18.8 Å². The largest absolute Gasteiger partial charge is 0.344 e. The molecule has 0 aliphatic rings. The summed E-state index contributed by atoms with van der Waals surface area (Å²) in [5.74, 6) is -0.297. The predicted molar refractivity (Wildman–Crippen MR) is 68.4 cm³/mol. The van der Waals surface area contributed by atoms with Gasteiger partial charge in [-0.05, 0) is 7.05 Å². The Bertz CT molecular complexity index is 640. The zero-order valence-corrected chi connectivity index (χ0v) is 9.78. The molecule has 0 aromatic carbocycles. The number of carbonyl (C=O) groups excluding carboxylic acids is 1. The summed E-state index contributed by atoms with van der Waals surface area (Å²) in [5, 5.41) is 5.84. The van der Waals surface area contributed by atoms with E-state index in [1.165, 1.54) is 18.6 Å². The number of likely N-dealkylation sites (N-methyl/N-ethyl adjacent to an activating group) is 1. The Balaban J connectivity index is 2.22. The average Bonchev–Trinajstić information content (AvgIpc) is 2.74. The number of H-pyrrole nitrogens is 2. The molecule has 7 heteroatoms. The van der Waals surface area contributed by atoms with Gasteiger partial charge in [0.05, 0.1) is 12.0 Å². The first-order valence-corrected chi connectivity index (χ1v) is 5.39. The van der Waals surface area contributed by atoms with Crippen molar-refractivity contribution in [2.45, 2.75) is 0 Å². The first kappa shape index (κ1) is 12.1. The summed E-state index contributed by atoms with van der Waals surface area (Å²) < 4.78 is 0. The third-order valence-corrected chi connectivity index (χ3v) is 2.32. The summed E-state index contributed by atoms with van der Waals surface area (Å²) in [5.41, 5.74) is 0.558. The SMILES string of the molecule is CNC/C=C/C(=O)Nc1c[nH]c2nc[nH]c(=O)c12. The van der Waals surface area contributed by atoms with Gasteiger partial charge in [0.1, 0.15) is 11.0 Å². The van der Waals surface area contributed by atoms with Gasteiger partial charge in [-0.15, -0.1) is 0 Å². The van der Waals surface area contributed by atoms with Crippen molar-refractivity contribution in [1.82, 2.24) is 20.3 Å². The molecule has 0 atom stereocenters. The van der Waals surface area contributed by atoms with Gasteiger partial charge in [0.2, 0.25) is 5.91 Å². The van der Waals surface area contributed by atoms with Gasteiger partial charge in [0.25, 0.3) is 5.56 Å². The molecule has 0 bridgehead atoms. The number of nitrogens with zero attached hydrogens (tertiary/aromatic N) is 1. The Hall–Kier alpha value is -2.41. The average molecular weight is 247 g/mol. The summed E-state index contributed by atoms with van der Waals surface area (Å²) in [4.78, 5) is 32.4. The Labute approximate surface area is 102 Å². The van der Waals surface area contributed by atoms with Crippen LogP contribution in [0.1, 0.15) is 0 Å². The van der Waals surface area contributed by atoms with Crippen molar-refractivity contribution in [3.05, 3.63) is 35.0 Å². The van der Waals surface area contributed by atoms with Crippen LogP contribution < -0.4 is 16.2 Å². The van der Waals surface area contributed by atoms with E-state index in [4.69, 9.17) is 0 Å². The Kier molecular flexibility index (Phi) is 3.54. The van der Waals surface area contributed by atoms with Crippen LogP contribution in [0.2, 0.25) is 0 Å². The van der Waals surface area contributed by atoms with Crippen molar-refractivity contribution >= 4 is 22.6 Å². The van der Waals surface area contributed by atoms with Gasteiger partial charge in [-0.2, -0.15) is 0 Å². The lowest BCUT2D eigenvalue weighted by Gasteiger charge is -1.98. The number of hydrogen-bond donors (Lipinski definition) is 4. The van der Waals surface area contributed by atoms with Crippen LogP contribution in [0.3, 0.4) is 0 Å². The van der Waals surface area contributed by atoms with Gasteiger partial charge in [-0.25, -0.2) is 4.98 Å². The first-order chi connectivity index (χ1) is 8.72. The maximum atomic E-state index is 11.6. The number of rotatable bonds is 4. The molecule has 2 heterocycles. The lowest BCUT2D eigenvalue weighted by atomic mass is 10.3. The zero-order valence-electron chi connectivity index (χ0n) is 9.78. The highest BCUT2D eigenvalue weighted by atomic mass is 16.1. The Morgan fingerprint density at radius 3 is 3.11 bits per heavy atom. The standard InChI is InChI=1S/C11H13N5O2/c1-12-4-2-3-8(17)16-7-5-13-10-9(7)11(18)15-6-14-10/h2-3,5-6,12H,4H2,1H3,(H,16,17)(H2,13,14,15,18)/b3-2+. The quantitative estimate of drug-likeness (QED) is 0.569. The van der Waals surface area contributed by atoms with E-state index in [0.29, 0.717) is 23.3 Å². The summed E-state index contributed by atoms with van der Waals surface area (Å²) in [7, 11) is 1.78.